The number of benzene rings is 2. The van der Waals surface area contributed by atoms with E-state index in [1.807, 2.05) is 6.92 Å². The molecule has 0 bridgehead atoms. The van der Waals surface area contributed by atoms with Crippen LogP contribution in [0.2, 0.25) is 0 Å². The van der Waals surface area contributed by atoms with Gasteiger partial charge in [-0.1, -0.05) is 35.9 Å². The number of aryl methyl sites for hydroxylation is 1. The van der Waals surface area contributed by atoms with Crippen LogP contribution in [0.3, 0.4) is 0 Å². The van der Waals surface area contributed by atoms with Gasteiger partial charge in [0.1, 0.15) is 10.6 Å². The molecule has 0 spiro atoms. The minimum atomic E-state index is -3.87. The molecular formula is C18H21NO4S. The maximum atomic E-state index is 12.2. The third kappa shape index (κ3) is 4.92. The molecule has 0 amide bonds. The van der Waals surface area contributed by atoms with Gasteiger partial charge in [-0.15, -0.1) is 6.58 Å². The zero-order valence-corrected chi connectivity index (χ0v) is 14.3. The number of aliphatic hydroxyl groups is 1. The first-order valence-corrected chi connectivity index (χ1v) is 8.94. The molecule has 6 heteroatoms. The SMILES string of the molecule is C=CCNCC(O)c1ccc(OS(=O)(=O)c2ccc(C)cc2)cc1. The van der Waals surface area contributed by atoms with Crippen LogP contribution in [0, 0.1) is 6.92 Å². The summed E-state index contributed by atoms with van der Waals surface area (Å²) in [5.74, 6) is 0.200. The van der Waals surface area contributed by atoms with Gasteiger partial charge in [-0.2, -0.15) is 8.42 Å². The molecule has 2 rings (SSSR count). The van der Waals surface area contributed by atoms with Crippen molar-refractivity contribution < 1.29 is 17.7 Å². The van der Waals surface area contributed by atoms with Crippen LogP contribution >= 0.6 is 0 Å². The second-order valence-corrected chi connectivity index (χ2v) is 6.93. The van der Waals surface area contributed by atoms with Gasteiger partial charge in [0.15, 0.2) is 0 Å². The predicted octanol–water partition coefficient (Wildman–Crippen LogP) is 2.57. The Labute approximate surface area is 142 Å². The average molecular weight is 347 g/mol. The molecule has 2 aromatic carbocycles. The van der Waals surface area contributed by atoms with Crippen molar-refractivity contribution in [2.45, 2.75) is 17.9 Å². The summed E-state index contributed by atoms with van der Waals surface area (Å²) in [5, 5.41) is 13.0. The maximum Gasteiger partial charge on any atom is 0.339 e. The van der Waals surface area contributed by atoms with Crippen molar-refractivity contribution in [3.63, 3.8) is 0 Å². The Bertz CT molecular complexity index is 768. The highest BCUT2D eigenvalue weighted by molar-refractivity contribution is 7.87. The molecule has 0 aliphatic rings. The van der Waals surface area contributed by atoms with Gasteiger partial charge in [-0.3, -0.25) is 0 Å². The van der Waals surface area contributed by atoms with Crippen molar-refractivity contribution in [1.82, 2.24) is 5.32 Å². The third-order valence-corrected chi connectivity index (χ3v) is 4.67. The fraction of sp³-hybridized carbons (Fsp3) is 0.222. The fourth-order valence-corrected chi connectivity index (χ4v) is 3.00. The lowest BCUT2D eigenvalue weighted by Crippen LogP contribution is -2.21. The summed E-state index contributed by atoms with van der Waals surface area (Å²) in [6.45, 7) is 6.46. The van der Waals surface area contributed by atoms with Crippen LogP contribution in [-0.4, -0.2) is 26.6 Å². The Morgan fingerprint density at radius 1 is 1.17 bits per heavy atom. The third-order valence-electron chi connectivity index (χ3n) is 3.41. The summed E-state index contributed by atoms with van der Waals surface area (Å²) in [4.78, 5) is 0.103. The Hall–Kier alpha value is -2.15. The first-order valence-electron chi connectivity index (χ1n) is 7.53. The summed E-state index contributed by atoms with van der Waals surface area (Å²) < 4.78 is 29.6. The van der Waals surface area contributed by atoms with Gasteiger partial charge in [0.25, 0.3) is 0 Å². The summed E-state index contributed by atoms with van der Waals surface area (Å²) >= 11 is 0. The van der Waals surface area contributed by atoms with Crippen molar-refractivity contribution in [1.29, 1.82) is 0 Å². The van der Waals surface area contributed by atoms with Crippen LogP contribution in [0.4, 0.5) is 0 Å². The Balaban J connectivity index is 2.05. The Morgan fingerprint density at radius 2 is 1.79 bits per heavy atom. The number of hydrogen-bond acceptors (Lipinski definition) is 5. The van der Waals surface area contributed by atoms with E-state index in [-0.39, 0.29) is 10.6 Å². The molecule has 1 unspecified atom stereocenters. The normalized spacial score (nSPS) is 12.6. The molecule has 128 valence electrons. The highest BCUT2D eigenvalue weighted by atomic mass is 32.2. The van der Waals surface area contributed by atoms with E-state index in [0.717, 1.165) is 5.56 Å². The van der Waals surface area contributed by atoms with Crippen LogP contribution in [0.1, 0.15) is 17.2 Å². The van der Waals surface area contributed by atoms with E-state index in [2.05, 4.69) is 11.9 Å². The Kier molecular flexibility index (Phi) is 6.14. The molecule has 0 aliphatic heterocycles. The molecule has 5 nitrogen and oxygen atoms in total. The second kappa shape index (κ2) is 8.10. The van der Waals surface area contributed by atoms with E-state index in [1.165, 1.54) is 24.3 Å². The maximum absolute atomic E-state index is 12.2. The van der Waals surface area contributed by atoms with Gasteiger partial charge in [-0.05, 0) is 36.8 Å². The summed E-state index contributed by atoms with van der Waals surface area (Å²) in [6, 6.07) is 12.8. The monoisotopic (exact) mass is 347 g/mol. The largest absolute Gasteiger partial charge is 0.387 e. The number of rotatable bonds is 8. The van der Waals surface area contributed by atoms with Crippen molar-refractivity contribution in [3.8, 4) is 5.75 Å². The minimum absolute atomic E-state index is 0.103. The van der Waals surface area contributed by atoms with Gasteiger partial charge >= 0.3 is 10.1 Å². The highest BCUT2D eigenvalue weighted by Gasteiger charge is 2.16. The molecule has 0 heterocycles. The molecule has 1 atom stereocenters. The van der Waals surface area contributed by atoms with Gasteiger partial charge < -0.3 is 14.6 Å². The fourth-order valence-electron chi connectivity index (χ4n) is 2.07. The van der Waals surface area contributed by atoms with Crippen LogP contribution < -0.4 is 9.50 Å². The topological polar surface area (TPSA) is 75.6 Å². The first kappa shape index (κ1) is 18.2. The molecule has 0 saturated carbocycles. The van der Waals surface area contributed by atoms with Crippen molar-refractivity contribution >= 4 is 10.1 Å². The van der Waals surface area contributed by atoms with Crippen molar-refractivity contribution in [2.75, 3.05) is 13.1 Å². The quantitative estimate of drug-likeness (QED) is 0.436. The molecule has 0 aromatic heterocycles. The molecule has 24 heavy (non-hydrogen) atoms. The van der Waals surface area contributed by atoms with Gasteiger partial charge in [0.2, 0.25) is 0 Å². The summed E-state index contributed by atoms with van der Waals surface area (Å²) in [7, 11) is -3.87. The number of hydrogen-bond donors (Lipinski definition) is 2. The lowest BCUT2D eigenvalue weighted by molar-refractivity contribution is 0.176. The average Bonchev–Trinajstić information content (AvgIpc) is 2.55. The predicted molar refractivity (Wildman–Crippen MR) is 93.5 cm³/mol. The van der Waals surface area contributed by atoms with Gasteiger partial charge in [0, 0.05) is 13.1 Å². The molecule has 2 N–H and O–H groups in total. The van der Waals surface area contributed by atoms with Gasteiger partial charge in [-0.25, -0.2) is 0 Å². The van der Waals surface area contributed by atoms with E-state index < -0.39 is 16.2 Å². The molecular weight excluding hydrogens is 326 g/mol. The van der Waals surface area contributed by atoms with Crippen LogP contribution in [0.5, 0.6) is 5.75 Å². The number of aliphatic hydroxyl groups excluding tert-OH is 1. The van der Waals surface area contributed by atoms with Gasteiger partial charge in [0.05, 0.1) is 6.10 Å². The zero-order chi connectivity index (χ0) is 17.6. The van der Waals surface area contributed by atoms with Crippen molar-refractivity contribution in [3.05, 3.63) is 72.3 Å². The summed E-state index contributed by atoms with van der Waals surface area (Å²) in [5.41, 5.74) is 1.64. The van der Waals surface area contributed by atoms with Crippen molar-refractivity contribution in [2.24, 2.45) is 0 Å². The number of nitrogens with one attached hydrogen (secondary N) is 1. The smallest absolute Gasteiger partial charge is 0.339 e. The van der Waals surface area contributed by atoms with E-state index in [9.17, 15) is 13.5 Å². The lowest BCUT2D eigenvalue weighted by Gasteiger charge is -2.12. The van der Waals surface area contributed by atoms with Crippen LogP contribution in [-0.2, 0) is 10.1 Å². The molecule has 0 saturated heterocycles. The zero-order valence-electron chi connectivity index (χ0n) is 13.5. The van der Waals surface area contributed by atoms with E-state index >= 15 is 0 Å². The molecule has 0 fully saturated rings. The summed E-state index contributed by atoms with van der Waals surface area (Å²) in [6.07, 6.45) is 1.02. The van der Waals surface area contributed by atoms with Crippen LogP contribution in [0.15, 0.2) is 66.1 Å². The Morgan fingerprint density at radius 3 is 2.38 bits per heavy atom. The van der Waals surface area contributed by atoms with Crippen LogP contribution in [0.25, 0.3) is 0 Å². The second-order valence-electron chi connectivity index (χ2n) is 5.38. The van der Waals surface area contributed by atoms with E-state index in [0.29, 0.717) is 18.7 Å². The highest BCUT2D eigenvalue weighted by Crippen LogP contribution is 2.21. The van der Waals surface area contributed by atoms with E-state index in [4.69, 9.17) is 4.18 Å². The minimum Gasteiger partial charge on any atom is -0.387 e. The molecule has 0 aliphatic carbocycles. The van der Waals surface area contributed by atoms with E-state index in [1.54, 1.807) is 30.3 Å². The standard InChI is InChI=1S/C18H21NO4S/c1-3-12-19-13-18(20)15-6-8-16(9-7-15)23-24(21,22)17-10-4-14(2)5-11-17/h3-11,18-20H,1,12-13H2,2H3. The molecule has 2 aromatic rings. The lowest BCUT2D eigenvalue weighted by atomic mass is 10.1. The first-order chi connectivity index (χ1) is 11.4. The molecule has 0 radical (unpaired) electrons.